The topological polar surface area (TPSA) is 35.6 Å². The number of amides is 1. The van der Waals surface area contributed by atoms with Gasteiger partial charge in [-0.25, -0.2) is 4.39 Å². The molecule has 0 saturated carbocycles. The summed E-state index contributed by atoms with van der Waals surface area (Å²) in [6, 6.07) is 16.3. The van der Waals surface area contributed by atoms with Crippen molar-refractivity contribution in [3.8, 4) is 0 Å². The minimum atomic E-state index is -0.332. The van der Waals surface area contributed by atoms with E-state index in [9.17, 15) is 9.18 Å². The fourth-order valence-corrected chi connectivity index (χ4v) is 3.32. The fourth-order valence-electron chi connectivity index (χ4n) is 3.32. The molecule has 1 atom stereocenters. The summed E-state index contributed by atoms with van der Waals surface area (Å²) in [5.41, 5.74) is 1.76. The van der Waals surface area contributed by atoms with Gasteiger partial charge in [-0.3, -0.25) is 9.69 Å². The molecule has 1 saturated heterocycles. The minimum Gasteiger partial charge on any atom is -0.350 e. The van der Waals surface area contributed by atoms with Gasteiger partial charge in [0.25, 0.3) is 5.91 Å². The van der Waals surface area contributed by atoms with Gasteiger partial charge < -0.3 is 10.2 Å². The zero-order valence-electron chi connectivity index (χ0n) is 15.2. The average molecular weight is 355 g/mol. The average Bonchev–Trinajstić information content (AvgIpc) is 2.67. The fraction of sp³-hybridized carbons (Fsp3) is 0.381. The standard InChI is InChI=1S/C21H26FN3O/c1-24-11-13-25(14-12-24)20(15-17-5-3-2-4-6-17)16-23-21(26)18-7-9-19(22)10-8-18/h2-10,20H,11-16H2,1H3,(H,23,26). The number of likely N-dealkylation sites (N-methyl/N-ethyl adjacent to an activating group) is 1. The summed E-state index contributed by atoms with van der Waals surface area (Å²) in [5, 5.41) is 3.03. The molecule has 2 aromatic rings. The molecule has 4 nitrogen and oxygen atoms in total. The molecule has 0 radical (unpaired) electrons. The van der Waals surface area contributed by atoms with Crippen molar-refractivity contribution in [1.82, 2.24) is 15.1 Å². The predicted molar refractivity (Wildman–Crippen MR) is 102 cm³/mol. The summed E-state index contributed by atoms with van der Waals surface area (Å²) in [5.74, 6) is -0.488. The first-order valence-corrected chi connectivity index (χ1v) is 9.12. The lowest BCUT2D eigenvalue weighted by molar-refractivity contribution is 0.0886. The third-order valence-electron chi connectivity index (χ3n) is 4.97. The molecule has 1 fully saturated rings. The van der Waals surface area contributed by atoms with Crippen molar-refractivity contribution in [3.05, 3.63) is 71.5 Å². The first-order chi connectivity index (χ1) is 12.6. The highest BCUT2D eigenvalue weighted by atomic mass is 19.1. The van der Waals surface area contributed by atoms with E-state index >= 15 is 0 Å². The minimum absolute atomic E-state index is 0.155. The summed E-state index contributed by atoms with van der Waals surface area (Å²) < 4.78 is 13.0. The van der Waals surface area contributed by atoms with Crippen LogP contribution in [0.5, 0.6) is 0 Å². The van der Waals surface area contributed by atoms with Crippen LogP contribution in [0, 0.1) is 5.82 Å². The van der Waals surface area contributed by atoms with Gasteiger partial charge in [0.05, 0.1) is 0 Å². The van der Waals surface area contributed by atoms with Crippen molar-refractivity contribution in [2.75, 3.05) is 39.8 Å². The van der Waals surface area contributed by atoms with Crippen LogP contribution in [-0.2, 0) is 6.42 Å². The number of nitrogens with one attached hydrogen (secondary N) is 1. The Kier molecular flexibility index (Phi) is 6.36. The molecule has 0 spiro atoms. The number of hydrogen-bond acceptors (Lipinski definition) is 3. The van der Waals surface area contributed by atoms with Crippen molar-refractivity contribution in [3.63, 3.8) is 0 Å². The summed E-state index contributed by atoms with van der Waals surface area (Å²) in [6.45, 7) is 4.66. The van der Waals surface area contributed by atoms with Crippen LogP contribution in [0.2, 0.25) is 0 Å². The summed E-state index contributed by atoms with van der Waals surface area (Å²) in [6.07, 6.45) is 0.897. The lowest BCUT2D eigenvalue weighted by Gasteiger charge is -2.38. The Hall–Kier alpha value is -2.24. The Labute approximate surface area is 154 Å². The Bertz CT molecular complexity index is 697. The van der Waals surface area contributed by atoms with Gasteiger partial charge in [0, 0.05) is 44.3 Å². The third-order valence-corrected chi connectivity index (χ3v) is 4.97. The molecule has 1 N–H and O–H groups in total. The van der Waals surface area contributed by atoms with Gasteiger partial charge in [0.1, 0.15) is 5.82 Å². The van der Waals surface area contributed by atoms with Crippen molar-refractivity contribution >= 4 is 5.91 Å². The molecule has 1 unspecified atom stereocenters. The summed E-state index contributed by atoms with van der Waals surface area (Å²) in [7, 11) is 2.14. The highest BCUT2D eigenvalue weighted by Crippen LogP contribution is 2.12. The number of halogens is 1. The second kappa shape index (κ2) is 8.92. The number of benzene rings is 2. The third kappa shape index (κ3) is 5.13. The molecular weight excluding hydrogens is 329 g/mol. The lowest BCUT2D eigenvalue weighted by atomic mass is 10.0. The smallest absolute Gasteiger partial charge is 0.251 e. The monoisotopic (exact) mass is 355 g/mol. The quantitative estimate of drug-likeness (QED) is 0.864. The van der Waals surface area contributed by atoms with Crippen LogP contribution in [0.4, 0.5) is 4.39 Å². The summed E-state index contributed by atoms with van der Waals surface area (Å²) in [4.78, 5) is 17.2. The SMILES string of the molecule is CN1CCN(C(CNC(=O)c2ccc(F)cc2)Cc2ccccc2)CC1. The van der Waals surface area contributed by atoms with Crippen LogP contribution in [0.3, 0.4) is 0 Å². The number of carbonyl (C=O) groups excluding carboxylic acids is 1. The Balaban J connectivity index is 1.64. The number of rotatable bonds is 6. The second-order valence-corrected chi connectivity index (χ2v) is 6.90. The van der Waals surface area contributed by atoms with E-state index < -0.39 is 0 Å². The Morgan fingerprint density at radius 1 is 1.04 bits per heavy atom. The van der Waals surface area contributed by atoms with Crippen LogP contribution in [0.15, 0.2) is 54.6 Å². The first kappa shape index (κ1) is 18.5. The van der Waals surface area contributed by atoms with Gasteiger partial charge in [-0.2, -0.15) is 0 Å². The van der Waals surface area contributed by atoms with Gasteiger partial charge in [-0.05, 0) is 43.3 Å². The molecule has 138 valence electrons. The first-order valence-electron chi connectivity index (χ1n) is 9.12. The van der Waals surface area contributed by atoms with Gasteiger partial charge in [-0.15, -0.1) is 0 Å². The molecule has 3 rings (SSSR count). The van der Waals surface area contributed by atoms with Gasteiger partial charge in [0.2, 0.25) is 0 Å². The van der Waals surface area contributed by atoms with E-state index in [4.69, 9.17) is 0 Å². The normalized spacial score (nSPS) is 17.0. The number of piperazine rings is 1. The van der Waals surface area contributed by atoms with Crippen molar-refractivity contribution in [2.45, 2.75) is 12.5 Å². The number of carbonyl (C=O) groups is 1. The predicted octanol–water partition coefficient (Wildman–Crippen LogP) is 2.41. The van der Waals surface area contributed by atoms with Gasteiger partial charge in [0.15, 0.2) is 0 Å². The highest BCUT2D eigenvalue weighted by molar-refractivity contribution is 5.94. The van der Waals surface area contributed by atoms with Crippen molar-refractivity contribution in [2.24, 2.45) is 0 Å². The van der Waals surface area contributed by atoms with Gasteiger partial charge >= 0.3 is 0 Å². The van der Waals surface area contributed by atoms with E-state index in [1.54, 1.807) is 0 Å². The van der Waals surface area contributed by atoms with E-state index in [1.807, 2.05) is 18.2 Å². The van der Waals surface area contributed by atoms with E-state index in [0.717, 1.165) is 32.6 Å². The maximum absolute atomic E-state index is 13.0. The second-order valence-electron chi connectivity index (χ2n) is 6.90. The largest absolute Gasteiger partial charge is 0.350 e. The van der Waals surface area contributed by atoms with Crippen LogP contribution in [0.25, 0.3) is 0 Å². The van der Waals surface area contributed by atoms with Crippen LogP contribution < -0.4 is 5.32 Å². The number of hydrogen-bond donors (Lipinski definition) is 1. The van der Waals surface area contributed by atoms with E-state index in [2.05, 4.69) is 34.3 Å². The van der Waals surface area contributed by atoms with Crippen molar-refractivity contribution < 1.29 is 9.18 Å². The van der Waals surface area contributed by atoms with Crippen LogP contribution in [-0.4, -0.2) is 61.5 Å². The zero-order chi connectivity index (χ0) is 18.4. The molecule has 1 aliphatic rings. The van der Waals surface area contributed by atoms with Crippen molar-refractivity contribution in [1.29, 1.82) is 0 Å². The molecule has 2 aromatic carbocycles. The highest BCUT2D eigenvalue weighted by Gasteiger charge is 2.23. The molecule has 1 heterocycles. The maximum atomic E-state index is 13.0. The lowest BCUT2D eigenvalue weighted by Crippen LogP contribution is -2.53. The van der Waals surface area contributed by atoms with E-state index in [1.165, 1.54) is 29.8 Å². The summed E-state index contributed by atoms with van der Waals surface area (Å²) >= 11 is 0. The molecule has 1 aliphatic heterocycles. The Morgan fingerprint density at radius 3 is 2.35 bits per heavy atom. The molecular formula is C21H26FN3O. The van der Waals surface area contributed by atoms with Crippen LogP contribution in [0.1, 0.15) is 15.9 Å². The van der Waals surface area contributed by atoms with Crippen LogP contribution >= 0.6 is 0 Å². The Morgan fingerprint density at radius 2 is 1.69 bits per heavy atom. The maximum Gasteiger partial charge on any atom is 0.251 e. The molecule has 5 heteroatoms. The van der Waals surface area contributed by atoms with E-state index in [0.29, 0.717) is 12.1 Å². The van der Waals surface area contributed by atoms with E-state index in [-0.39, 0.29) is 17.8 Å². The molecule has 0 bridgehead atoms. The molecule has 1 amide bonds. The zero-order valence-corrected chi connectivity index (χ0v) is 15.2. The molecule has 0 aliphatic carbocycles. The molecule has 26 heavy (non-hydrogen) atoms. The van der Waals surface area contributed by atoms with Gasteiger partial charge in [-0.1, -0.05) is 30.3 Å². The molecule has 0 aromatic heterocycles. The number of nitrogens with zero attached hydrogens (tertiary/aromatic N) is 2.